The molecule has 0 aliphatic carbocycles. The summed E-state index contributed by atoms with van der Waals surface area (Å²) in [5.74, 6) is -0.910. The minimum atomic E-state index is -0.910. The molecule has 0 spiro atoms. The van der Waals surface area contributed by atoms with Crippen molar-refractivity contribution in [3.63, 3.8) is 0 Å². The SMILES string of the molecule is O=C(O)c1ccc(/C=C/c2ccccc2-c2cccc3ccccc23)cc1. The summed E-state index contributed by atoms with van der Waals surface area (Å²) in [5.41, 5.74) is 4.76. The monoisotopic (exact) mass is 350 g/mol. The Hall–Kier alpha value is -3.65. The average molecular weight is 350 g/mol. The van der Waals surface area contributed by atoms with Crippen molar-refractivity contribution in [2.45, 2.75) is 0 Å². The van der Waals surface area contributed by atoms with Crippen molar-refractivity contribution in [1.82, 2.24) is 0 Å². The van der Waals surface area contributed by atoms with Gasteiger partial charge in [-0.2, -0.15) is 0 Å². The second-order valence-electron chi connectivity index (χ2n) is 6.37. The molecule has 0 radical (unpaired) electrons. The van der Waals surface area contributed by atoms with Gasteiger partial charge in [-0.3, -0.25) is 0 Å². The number of fused-ring (bicyclic) bond motifs is 1. The first-order valence-electron chi connectivity index (χ1n) is 8.81. The van der Waals surface area contributed by atoms with E-state index in [0.717, 1.165) is 11.1 Å². The molecule has 0 unspecified atom stereocenters. The van der Waals surface area contributed by atoms with E-state index < -0.39 is 5.97 Å². The Bertz CT molecular complexity index is 1130. The first-order chi connectivity index (χ1) is 13.2. The average Bonchev–Trinajstić information content (AvgIpc) is 2.72. The summed E-state index contributed by atoms with van der Waals surface area (Å²) in [5, 5.41) is 11.5. The fourth-order valence-electron chi connectivity index (χ4n) is 3.27. The van der Waals surface area contributed by atoms with Gasteiger partial charge in [-0.25, -0.2) is 4.79 Å². The van der Waals surface area contributed by atoms with Crippen LogP contribution in [0.2, 0.25) is 0 Å². The molecule has 2 nitrogen and oxygen atoms in total. The predicted octanol–water partition coefficient (Wildman–Crippen LogP) is 6.38. The van der Waals surface area contributed by atoms with Crippen LogP contribution in [0.25, 0.3) is 34.1 Å². The zero-order valence-electron chi connectivity index (χ0n) is 14.7. The van der Waals surface area contributed by atoms with Gasteiger partial charge in [0, 0.05) is 0 Å². The summed E-state index contributed by atoms with van der Waals surface area (Å²) in [6, 6.07) is 30.0. The zero-order valence-corrected chi connectivity index (χ0v) is 14.7. The molecule has 130 valence electrons. The standard InChI is InChI=1S/C25H18O2/c26-25(27)21-16-13-18(14-17-21)12-15-20-7-2-4-10-23(20)24-11-5-8-19-6-1-3-9-22(19)24/h1-17H,(H,26,27)/b15-12+. The molecule has 0 heterocycles. The van der Waals surface area contributed by atoms with Gasteiger partial charge in [0.05, 0.1) is 5.56 Å². The van der Waals surface area contributed by atoms with E-state index in [1.807, 2.05) is 24.3 Å². The van der Waals surface area contributed by atoms with Crippen LogP contribution in [0.1, 0.15) is 21.5 Å². The molecule has 27 heavy (non-hydrogen) atoms. The van der Waals surface area contributed by atoms with Crippen LogP contribution in [0.15, 0.2) is 91.0 Å². The van der Waals surface area contributed by atoms with E-state index in [4.69, 9.17) is 5.11 Å². The highest BCUT2D eigenvalue weighted by Gasteiger charge is 2.06. The van der Waals surface area contributed by atoms with Gasteiger partial charge in [0.2, 0.25) is 0 Å². The number of rotatable bonds is 4. The van der Waals surface area contributed by atoms with E-state index in [0.29, 0.717) is 5.56 Å². The number of aromatic carboxylic acids is 1. The van der Waals surface area contributed by atoms with Crippen molar-refractivity contribution < 1.29 is 9.90 Å². The van der Waals surface area contributed by atoms with E-state index in [9.17, 15) is 4.79 Å². The number of hydrogen-bond acceptors (Lipinski definition) is 1. The molecule has 2 heteroatoms. The maximum absolute atomic E-state index is 11.0. The summed E-state index contributed by atoms with van der Waals surface area (Å²) in [4.78, 5) is 11.0. The molecule has 1 N–H and O–H groups in total. The van der Waals surface area contributed by atoms with Crippen molar-refractivity contribution in [2.75, 3.05) is 0 Å². The van der Waals surface area contributed by atoms with Crippen LogP contribution < -0.4 is 0 Å². The highest BCUT2D eigenvalue weighted by atomic mass is 16.4. The lowest BCUT2D eigenvalue weighted by Crippen LogP contribution is -1.94. The molecular formula is C25H18O2. The van der Waals surface area contributed by atoms with Crippen molar-refractivity contribution in [3.8, 4) is 11.1 Å². The Morgan fingerprint density at radius 2 is 1.33 bits per heavy atom. The molecule has 0 amide bonds. The largest absolute Gasteiger partial charge is 0.478 e. The van der Waals surface area contributed by atoms with E-state index in [1.54, 1.807) is 12.1 Å². The van der Waals surface area contributed by atoms with Gasteiger partial charge in [-0.1, -0.05) is 91.0 Å². The second-order valence-corrected chi connectivity index (χ2v) is 6.37. The lowest BCUT2D eigenvalue weighted by molar-refractivity contribution is 0.0697. The van der Waals surface area contributed by atoms with Gasteiger partial charge in [0.15, 0.2) is 0 Å². The van der Waals surface area contributed by atoms with Gasteiger partial charge in [0.25, 0.3) is 0 Å². The zero-order chi connectivity index (χ0) is 18.6. The fraction of sp³-hybridized carbons (Fsp3) is 0. The minimum Gasteiger partial charge on any atom is -0.478 e. The van der Waals surface area contributed by atoms with Crippen molar-refractivity contribution in [1.29, 1.82) is 0 Å². The fourth-order valence-corrected chi connectivity index (χ4v) is 3.27. The number of carboxylic acids is 1. The lowest BCUT2D eigenvalue weighted by atomic mass is 9.94. The third-order valence-corrected chi connectivity index (χ3v) is 4.65. The Kier molecular flexibility index (Phi) is 4.54. The molecule has 0 saturated heterocycles. The molecule has 0 aromatic heterocycles. The maximum atomic E-state index is 11.0. The summed E-state index contributed by atoms with van der Waals surface area (Å²) < 4.78 is 0. The summed E-state index contributed by atoms with van der Waals surface area (Å²) >= 11 is 0. The summed E-state index contributed by atoms with van der Waals surface area (Å²) in [6.07, 6.45) is 4.09. The van der Waals surface area contributed by atoms with Crippen LogP contribution >= 0.6 is 0 Å². The maximum Gasteiger partial charge on any atom is 0.335 e. The first kappa shape index (κ1) is 16.8. The number of benzene rings is 4. The minimum absolute atomic E-state index is 0.295. The normalized spacial score (nSPS) is 11.1. The molecular weight excluding hydrogens is 332 g/mol. The van der Waals surface area contributed by atoms with Crippen LogP contribution in [0.3, 0.4) is 0 Å². The Morgan fingerprint density at radius 1 is 0.667 bits per heavy atom. The summed E-state index contributed by atoms with van der Waals surface area (Å²) in [6.45, 7) is 0. The molecule has 4 rings (SSSR count). The van der Waals surface area contributed by atoms with Gasteiger partial charge >= 0.3 is 5.97 Å². The topological polar surface area (TPSA) is 37.3 Å². The van der Waals surface area contributed by atoms with E-state index in [1.165, 1.54) is 21.9 Å². The third-order valence-electron chi connectivity index (χ3n) is 4.65. The van der Waals surface area contributed by atoms with Crippen LogP contribution in [-0.2, 0) is 0 Å². The van der Waals surface area contributed by atoms with Crippen LogP contribution in [0, 0.1) is 0 Å². The number of carbonyl (C=O) groups is 1. The highest BCUT2D eigenvalue weighted by molar-refractivity contribution is 5.99. The van der Waals surface area contributed by atoms with Gasteiger partial charge in [-0.15, -0.1) is 0 Å². The molecule has 0 saturated carbocycles. The smallest absolute Gasteiger partial charge is 0.335 e. The molecule has 0 fully saturated rings. The molecule has 4 aromatic carbocycles. The van der Waals surface area contributed by atoms with Crippen molar-refractivity contribution in [3.05, 3.63) is 108 Å². The molecule has 0 atom stereocenters. The second kappa shape index (κ2) is 7.30. The first-order valence-corrected chi connectivity index (χ1v) is 8.81. The van der Waals surface area contributed by atoms with Crippen LogP contribution in [0.4, 0.5) is 0 Å². The predicted molar refractivity (Wildman–Crippen MR) is 112 cm³/mol. The van der Waals surface area contributed by atoms with Gasteiger partial charge < -0.3 is 5.11 Å². The Balaban J connectivity index is 1.74. The Labute approximate surface area is 158 Å². The summed E-state index contributed by atoms with van der Waals surface area (Å²) in [7, 11) is 0. The molecule has 0 aliphatic heterocycles. The van der Waals surface area contributed by atoms with Crippen LogP contribution in [-0.4, -0.2) is 11.1 Å². The third kappa shape index (κ3) is 3.51. The van der Waals surface area contributed by atoms with Crippen molar-refractivity contribution >= 4 is 28.9 Å². The lowest BCUT2D eigenvalue weighted by Gasteiger charge is -2.10. The molecule has 4 aromatic rings. The Morgan fingerprint density at radius 3 is 2.15 bits per heavy atom. The number of hydrogen-bond donors (Lipinski definition) is 1. The molecule has 0 aliphatic rings. The van der Waals surface area contributed by atoms with Crippen LogP contribution in [0.5, 0.6) is 0 Å². The van der Waals surface area contributed by atoms with E-state index in [-0.39, 0.29) is 0 Å². The number of carboxylic acid groups (broad SMARTS) is 1. The van der Waals surface area contributed by atoms with E-state index in [2.05, 4.69) is 66.7 Å². The van der Waals surface area contributed by atoms with Gasteiger partial charge in [0.1, 0.15) is 0 Å². The van der Waals surface area contributed by atoms with E-state index >= 15 is 0 Å². The quantitative estimate of drug-likeness (QED) is 0.434. The van der Waals surface area contributed by atoms with Gasteiger partial charge in [-0.05, 0) is 45.2 Å². The molecule has 0 bridgehead atoms. The van der Waals surface area contributed by atoms with Crippen molar-refractivity contribution in [2.24, 2.45) is 0 Å². The highest BCUT2D eigenvalue weighted by Crippen LogP contribution is 2.31.